The van der Waals surface area contributed by atoms with Crippen LogP contribution in [0.4, 0.5) is 13.2 Å². The van der Waals surface area contributed by atoms with Gasteiger partial charge in [-0.2, -0.15) is 0 Å². The fourth-order valence-corrected chi connectivity index (χ4v) is 3.71. The molecule has 0 saturated heterocycles. The number of hydrogen-bond donors (Lipinski definition) is 3. The maximum Gasteiger partial charge on any atom is 0.573 e. The smallest absolute Gasteiger partial charge is 0.406 e. The van der Waals surface area contributed by atoms with Gasteiger partial charge in [-0.15, -0.1) is 24.5 Å². The van der Waals surface area contributed by atoms with Crippen LogP contribution in [0.5, 0.6) is 5.75 Å². The van der Waals surface area contributed by atoms with Gasteiger partial charge in [0.2, 0.25) is 0 Å². The van der Waals surface area contributed by atoms with Gasteiger partial charge in [-0.3, -0.25) is 0 Å². The maximum absolute atomic E-state index is 12.3. The fourth-order valence-electron chi connectivity index (χ4n) is 2.78. The Morgan fingerprint density at radius 1 is 1.23 bits per heavy atom. The molecule has 0 amide bonds. The molecular weight excluding hydrogens is 369 g/mol. The van der Waals surface area contributed by atoms with Crippen molar-refractivity contribution in [1.29, 1.82) is 0 Å². The van der Waals surface area contributed by atoms with Crippen molar-refractivity contribution in [2.24, 2.45) is 5.73 Å². The lowest BCUT2D eigenvalue weighted by molar-refractivity contribution is -0.274. The molecule has 1 unspecified atom stereocenters. The number of benzene rings is 2. The minimum absolute atomic E-state index is 0.127. The van der Waals surface area contributed by atoms with E-state index in [4.69, 9.17) is 5.73 Å². The van der Waals surface area contributed by atoms with E-state index in [1.165, 1.54) is 35.6 Å². The monoisotopic (exact) mass is 384 g/mol. The number of halogens is 3. The second-order valence-corrected chi connectivity index (χ2v) is 6.36. The summed E-state index contributed by atoms with van der Waals surface area (Å²) in [6, 6.07) is 7.17. The van der Waals surface area contributed by atoms with Crippen LogP contribution in [0, 0.1) is 0 Å². The molecule has 3 aromatic rings. The largest absolute Gasteiger partial charge is 0.573 e. The molecule has 1 atom stereocenters. The molecule has 4 N–H and O–H groups in total. The fraction of sp³-hybridized carbons (Fsp3) is 0.235. The molecule has 1 aromatic heterocycles. The van der Waals surface area contributed by atoms with Crippen LogP contribution in [-0.4, -0.2) is 28.2 Å². The topological polar surface area (TPSA) is 88.6 Å². The first-order valence-electron chi connectivity index (χ1n) is 7.58. The summed E-state index contributed by atoms with van der Waals surface area (Å²) in [6.45, 7) is -0.328. The van der Waals surface area contributed by atoms with E-state index >= 15 is 0 Å². The van der Waals surface area contributed by atoms with Crippen LogP contribution < -0.4 is 10.5 Å². The molecule has 0 saturated carbocycles. The van der Waals surface area contributed by atoms with E-state index in [-0.39, 0.29) is 12.3 Å². The lowest BCUT2D eigenvalue weighted by Gasteiger charge is -2.16. The zero-order valence-corrected chi connectivity index (χ0v) is 14.1. The summed E-state index contributed by atoms with van der Waals surface area (Å²) in [5.41, 5.74) is 10.4. The Labute approximate surface area is 150 Å². The third kappa shape index (κ3) is 3.65. The van der Waals surface area contributed by atoms with Gasteiger partial charge in [0.05, 0.1) is 22.3 Å². The van der Waals surface area contributed by atoms with Gasteiger partial charge in [0.15, 0.2) is 0 Å². The number of fused-ring (bicyclic) bond motifs is 1. The van der Waals surface area contributed by atoms with Gasteiger partial charge in [-0.1, -0.05) is 12.1 Å². The lowest BCUT2D eigenvalue weighted by atomic mass is 9.95. The Morgan fingerprint density at radius 2 is 1.92 bits per heavy atom. The summed E-state index contributed by atoms with van der Waals surface area (Å²) < 4.78 is 41.4. The van der Waals surface area contributed by atoms with Crippen LogP contribution in [0.2, 0.25) is 0 Å². The van der Waals surface area contributed by atoms with E-state index in [2.05, 4.69) is 9.72 Å². The average molecular weight is 384 g/mol. The second kappa shape index (κ2) is 7.20. The Morgan fingerprint density at radius 3 is 2.50 bits per heavy atom. The highest BCUT2D eigenvalue weighted by molar-refractivity contribution is 7.17. The average Bonchev–Trinajstić information content (AvgIpc) is 3.08. The minimum atomic E-state index is -4.75. The number of nitrogens with two attached hydrogens (primary N) is 1. The summed E-state index contributed by atoms with van der Waals surface area (Å²) in [4.78, 5) is 4.30. The molecule has 0 fully saturated rings. The molecule has 0 aliphatic rings. The molecule has 1 heterocycles. The van der Waals surface area contributed by atoms with E-state index in [1.54, 1.807) is 11.6 Å². The van der Waals surface area contributed by atoms with E-state index in [0.717, 1.165) is 0 Å². The van der Waals surface area contributed by atoms with Gasteiger partial charge in [0.25, 0.3) is 0 Å². The first-order valence-corrected chi connectivity index (χ1v) is 8.46. The summed E-state index contributed by atoms with van der Waals surface area (Å²) in [5, 5.41) is 19.4. The third-order valence-corrected chi connectivity index (χ3v) is 4.72. The number of aromatic nitrogens is 1. The van der Waals surface area contributed by atoms with Crippen LogP contribution in [-0.2, 0) is 6.54 Å². The molecule has 9 heteroatoms. The number of thiazole rings is 1. The quantitative estimate of drug-likeness (QED) is 0.628. The van der Waals surface area contributed by atoms with Crippen LogP contribution >= 0.6 is 11.3 Å². The van der Waals surface area contributed by atoms with Gasteiger partial charge in [0, 0.05) is 17.7 Å². The van der Waals surface area contributed by atoms with Crippen molar-refractivity contribution in [2.45, 2.75) is 19.0 Å². The zero-order valence-electron chi connectivity index (χ0n) is 13.3. The summed E-state index contributed by atoms with van der Waals surface area (Å²) >= 11 is 1.30. The molecular formula is C17H15F3N2O3S. The van der Waals surface area contributed by atoms with Crippen molar-refractivity contribution in [1.82, 2.24) is 4.98 Å². The third-order valence-electron chi connectivity index (χ3n) is 3.86. The minimum Gasteiger partial charge on any atom is -0.406 e. The molecule has 138 valence electrons. The number of rotatable bonds is 5. The number of aliphatic hydroxyl groups excluding tert-OH is 2. The zero-order chi connectivity index (χ0) is 18.9. The number of ether oxygens (including phenoxy) is 1. The first-order chi connectivity index (χ1) is 12.3. The Hall–Kier alpha value is -2.20. The van der Waals surface area contributed by atoms with Crippen molar-refractivity contribution in [3.8, 4) is 16.9 Å². The van der Waals surface area contributed by atoms with Gasteiger partial charge < -0.3 is 20.7 Å². The molecule has 0 aliphatic carbocycles. The van der Waals surface area contributed by atoms with Gasteiger partial charge in [-0.05, 0) is 29.3 Å². The molecule has 0 spiro atoms. The normalized spacial score (nSPS) is 13.2. The number of nitrogens with zero attached hydrogens (tertiary/aromatic N) is 1. The predicted octanol–water partition coefficient (Wildman–Crippen LogP) is 3.35. The second-order valence-electron chi connectivity index (χ2n) is 5.50. The van der Waals surface area contributed by atoms with E-state index in [0.29, 0.717) is 32.5 Å². The summed E-state index contributed by atoms with van der Waals surface area (Å²) in [5.74, 6) is -0.317. The van der Waals surface area contributed by atoms with E-state index in [9.17, 15) is 23.4 Å². The highest BCUT2D eigenvalue weighted by atomic mass is 32.1. The standard InChI is InChI=1S/C17H15F3N2O3S/c18-17(19,20)25-11-3-1-9(2-4-11)12-5-10(6-21)14(13(24)7-23)16-15(12)22-8-26-16/h1-5,8,13,23-24H,6-7,21H2. The van der Waals surface area contributed by atoms with Crippen molar-refractivity contribution in [3.63, 3.8) is 0 Å². The Balaban J connectivity index is 2.10. The number of hydrogen-bond acceptors (Lipinski definition) is 6. The molecule has 3 rings (SSSR count). The SMILES string of the molecule is NCc1cc(-c2ccc(OC(F)(F)F)cc2)c2ncsc2c1C(O)CO. The Bertz CT molecular complexity index is 910. The van der Waals surface area contributed by atoms with Gasteiger partial charge >= 0.3 is 6.36 Å². The molecule has 0 radical (unpaired) electrons. The Kier molecular flexibility index (Phi) is 5.15. The van der Waals surface area contributed by atoms with Crippen LogP contribution in [0.25, 0.3) is 21.3 Å². The van der Waals surface area contributed by atoms with Crippen molar-refractivity contribution in [3.05, 3.63) is 47.0 Å². The van der Waals surface area contributed by atoms with Crippen LogP contribution in [0.15, 0.2) is 35.8 Å². The van der Waals surface area contributed by atoms with Crippen molar-refractivity contribution < 1.29 is 28.1 Å². The molecule has 5 nitrogen and oxygen atoms in total. The van der Waals surface area contributed by atoms with Crippen molar-refractivity contribution >= 4 is 21.6 Å². The van der Waals surface area contributed by atoms with Crippen LogP contribution in [0.1, 0.15) is 17.2 Å². The first kappa shape index (κ1) is 18.6. The van der Waals surface area contributed by atoms with E-state index in [1.807, 2.05) is 0 Å². The maximum atomic E-state index is 12.3. The molecule has 2 aromatic carbocycles. The molecule has 26 heavy (non-hydrogen) atoms. The van der Waals surface area contributed by atoms with E-state index < -0.39 is 19.1 Å². The highest BCUT2D eigenvalue weighted by Crippen LogP contribution is 2.38. The number of aliphatic hydroxyl groups is 2. The summed E-state index contributed by atoms with van der Waals surface area (Å²) in [7, 11) is 0. The lowest BCUT2D eigenvalue weighted by Crippen LogP contribution is -2.16. The van der Waals surface area contributed by atoms with Crippen LogP contribution in [0.3, 0.4) is 0 Å². The van der Waals surface area contributed by atoms with Gasteiger partial charge in [0.1, 0.15) is 11.9 Å². The molecule has 0 bridgehead atoms. The van der Waals surface area contributed by atoms with Gasteiger partial charge in [-0.25, -0.2) is 4.98 Å². The number of alkyl halides is 3. The highest BCUT2D eigenvalue weighted by Gasteiger charge is 2.31. The molecule has 0 aliphatic heterocycles. The van der Waals surface area contributed by atoms with Crippen molar-refractivity contribution in [2.75, 3.05) is 6.61 Å². The summed E-state index contributed by atoms with van der Waals surface area (Å²) in [6.07, 6.45) is -5.84. The predicted molar refractivity (Wildman–Crippen MR) is 91.7 cm³/mol.